The summed E-state index contributed by atoms with van der Waals surface area (Å²) in [7, 11) is 4.64. The molecule has 4 rings (SSSR count). The fourth-order valence-electron chi connectivity index (χ4n) is 3.79. The van der Waals surface area contributed by atoms with Crippen LogP contribution in [-0.4, -0.2) is 47.9 Å². The number of amides is 2. The smallest absolute Gasteiger partial charge is 0.271 e. The highest BCUT2D eigenvalue weighted by atomic mass is 16.6. The average molecular weight is 514 g/mol. The summed E-state index contributed by atoms with van der Waals surface area (Å²) >= 11 is 0. The van der Waals surface area contributed by atoms with Crippen molar-refractivity contribution in [2.75, 3.05) is 26.5 Å². The maximum Gasteiger partial charge on any atom is 0.271 e. The number of nitrogens with one attached hydrogen (secondary N) is 1. The Hall–Kier alpha value is -5.32. The summed E-state index contributed by atoms with van der Waals surface area (Å²) in [6.07, 6.45) is 0. The van der Waals surface area contributed by atoms with Crippen LogP contribution in [0.4, 0.5) is 22.7 Å². The van der Waals surface area contributed by atoms with E-state index in [1.165, 1.54) is 42.3 Å². The number of methoxy groups -OCH3 is 1. The molecule has 2 amide bonds. The van der Waals surface area contributed by atoms with Gasteiger partial charge >= 0.3 is 0 Å². The van der Waals surface area contributed by atoms with Crippen LogP contribution in [0.5, 0.6) is 11.5 Å². The van der Waals surface area contributed by atoms with Crippen molar-refractivity contribution in [3.63, 3.8) is 0 Å². The van der Waals surface area contributed by atoms with Gasteiger partial charge in [0.2, 0.25) is 0 Å². The molecule has 0 bridgehead atoms. The van der Waals surface area contributed by atoms with Crippen LogP contribution in [0.25, 0.3) is 10.8 Å². The van der Waals surface area contributed by atoms with Crippen molar-refractivity contribution in [1.29, 1.82) is 0 Å². The van der Waals surface area contributed by atoms with E-state index in [0.29, 0.717) is 16.5 Å². The molecule has 0 aromatic heterocycles. The summed E-state index contributed by atoms with van der Waals surface area (Å²) in [5.41, 5.74) is 0.265. The summed E-state index contributed by atoms with van der Waals surface area (Å²) < 4.78 is 5.38. The first-order chi connectivity index (χ1) is 18.2. The molecule has 11 nitrogen and oxygen atoms in total. The van der Waals surface area contributed by atoms with Crippen molar-refractivity contribution in [2.45, 2.75) is 0 Å². The second-order valence-electron chi connectivity index (χ2n) is 8.36. The van der Waals surface area contributed by atoms with Crippen molar-refractivity contribution < 1.29 is 24.4 Å². The maximum absolute atomic E-state index is 13.1. The third-order valence-corrected chi connectivity index (χ3v) is 5.66. The van der Waals surface area contributed by atoms with Crippen LogP contribution in [-0.2, 0) is 0 Å². The minimum Gasteiger partial charge on any atom is -0.505 e. The van der Waals surface area contributed by atoms with Gasteiger partial charge in [0.05, 0.1) is 23.2 Å². The van der Waals surface area contributed by atoms with Gasteiger partial charge in [-0.25, -0.2) is 0 Å². The molecule has 2 N–H and O–H groups in total. The zero-order valence-corrected chi connectivity index (χ0v) is 20.7. The van der Waals surface area contributed by atoms with Crippen LogP contribution in [0.2, 0.25) is 0 Å². The number of carbonyl (C=O) groups excluding carboxylic acids is 2. The highest BCUT2D eigenvalue weighted by molar-refractivity contribution is 6.11. The van der Waals surface area contributed by atoms with E-state index in [1.807, 2.05) is 0 Å². The quantitative estimate of drug-likeness (QED) is 0.180. The molecule has 0 saturated carbocycles. The Morgan fingerprint density at radius 2 is 1.66 bits per heavy atom. The number of nitrogens with zero attached hydrogens (tertiary/aromatic N) is 4. The van der Waals surface area contributed by atoms with E-state index in [2.05, 4.69) is 15.5 Å². The topological polar surface area (TPSA) is 147 Å². The number of hydrogen-bond donors (Lipinski definition) is 2. The van der Waals surface area contributed by atoms with Crippen LogP contribution >= 0.6 is 0 Å². The van der Waals surface area contributed by atoms with Crippen molar-refractivity contribution in [3.8, 4) is 11.5 Å². The van der Waals surface area contributed by atoms with Gasteiger partial charge in [0.15, 0.2) is 5.75 Å². The van der Waals surface area contributed by atoms with Crippen LogP contribution in [0.1, 0.15) is 20.7 Å². The second kappa shape index (κ2) is 10.7. The molecule has 0 fully saturated rings. The molecule has 0 unspecified atom stereocenters. The number of phenols is 1. The van der Waals surface area contributed by atoms with Gasteiger partial charge in [-0.05, 0) is 29.7 Å². The number of carbonyl (C=O) groups is 2. The van der Waals surface area contributed by atoms with E-state index in [9.17, 15) is 24.8 Å². The second-order valence-corrected chi connectivity index (χ2v) is 8.36. The monoisotopic (exact) mass is 513 g/mol. The number of hydrogen-bond acceptors (Lipinski definition) is 8. The highest BCUT2D eigenvalue weighted by Gasteiger charge is 2.21. The van der Waals surface area contributed by atoms with Gasteiger partial charge in [0.25, 0.3) is 17.5 Å². The Balaban J connectivity index is 1.82. The molecule has 0 atom stereocenters. The normalized spacial score (nSPS) is 10.9. The number of rotatable bonds is 7. The highest BCUT2D eigenvalue weighted by Crippen LogP contribution is 2.41. The van der Waals surface area contributed by atoms with E-state index >= 15 is 0 Å². The molecular formula is C27H23N5O6. The molecule has 0 spiro atoms. The predicted octanol–water partition coefficient (Wildman–Crippen LogP) is 5.83. The summed E-state index contributed by atoms with van der Waals surface area (Å²) in [5, 5.41) is 34.4. The number of aromatic hydroxyl groups is 1. The van der Waals surface area contributed by atoms with Crippen LogP contribution in [0, 0.1) is 10.1 Å². The van der Waals surface area contributed by atoms with Gasteiger partial charge < -0.3 is 20.1 Å². The third kappa shape index (κ3) is 5.12. The molecule has 192 valence electrons. The third-order valence-electron chi connectivity index (χ3n) is 5.66. The Bertz CT molecular complexity index is 1600. The lowest BCUT2D eigenvalue weighted by atomic mass is 10.0. The summed E-state index contributed by atoms with van der Waals surface area (Å²) in [5.74, 6) is -1.18. The zero-order valence-electron chi connectivity index (χ0n) is 20.7. The number of phenolic OH excluding ortho intramolecular Hbond substituents is 1. The minimum absolute atomic E-state index is 0.00134. The Labute approximate surface area is 217 Å². The molecule has 0 aliphatic rings. The van der Waals surface area contributed by atoms with Gasteiger partial charge in [-0.3, -0.25) is 19.7 Å². The summed E-state index contributed by atoms with van der Waals surface area (Å²) in [6, 6.07) is 18.7. The van der Waals surface area contributed by atoms with E-state index in [1.54, 1.807) is 56.6 Å². The van der Waals surface area contributed by atoms with Gasteiger partial charge in [-0.15, -0.1) is 10.2 Å². The molecule has 38 heavy (non-hydrogen) atoms. The first-order valence-electron chi connectivity index (χ1n) is 11.3. The number of fused-ring (bicyclic) bond motifs is 1. The van der Waals surface area contributed by atoms with Crippen molar-refractivity contribution in [1.82, 2.24) is 4.90 Å². The molecular weight excluding hydrogens is 490 g/mol. The number of anilines is 1. The fourth-order valence-corrected chi connectivity index (χ4v) is 3.79. The van der Waals surface area contributed by atoms with Gasteiger partial charge in [0, 0.05) is 37.3 Å². The molecule has 11 heteroatoms. The zero-order chi connectivity index (χ0) is 27.4. The van der Waals surface area contributed by atoms with E-state index in [4.69, 9.17) is 4.74 Å². The number of non-ortho nitro benzene ring substituents is 1. The molecule has 4 aromatic carbocycles. The van der Waals surface area contributed by atoms with Crippen molar-refractivity contribution >= 4 is 45.3 Å². The predicted molar refractivity (Wildman–Crippen MR) is 142 cm³/mol. The number of nitro benzene ring substituents is 1. The molecule has 0 heterocycles. The molecule has 0 radical (unpaired) electrons. The lowest BCUT2D eigenvalue weighted by molar-refractivity contribution is -0.384. The van der Waals surface area contributed by atoms with Crippen molar-refractivity contribution in [2.24, 2.45) is 10.2 Å². The van der Waals surface area contributed by atoms with E-state index in [0.717, 1.165) is 0 Å². The molecule has 4 aromatic rings. The molecule has 0 aliphatic carbocycles. The van der Waals surface area contributed by atoms with E-state index < -0.39 is 16.6 Å². The Morgan fingerprint density at radius 3 is 2.37 bits per heavy atom. The van der Waals surface area contributed by atoms with Gasteiger partial charge in [-0.2, -0.15) is 0 Å². The summed E-state index contributed by atoms with van der Waals surface area (Å²) in [4.78, 5) is 37.8. The maximum atomic E-state index is 13.1. The number of nitro groups is 1. The lowest BCUT2D eigenvalue weighted by Gasteiger charge is -2.14. The molecule has 0 aliphatic heterocycles. The van der Waals surface area contributed by atoms with Crippen LogP contribution in [0.3, 0.4) is 0 Å². The average Bonchev–Trinajstić information content (AvgIpc) is 2.91. The van der Waals surface area contributed by atoms with Crippen LogP contribution < -0.4 is 10.1 Å². The molecule has 0 saturated heterocycles. The first kappa shape index (κ1) is 25.8. The first-order valence-corrected chi connectivity index (χ1v) is 11.3. The number of ether oxygens (including phenoxy) is 1. The van der Waals surface area contributed by atoms with Gasteiger partial charge in [-0.1, -0.05) is 36.4 Å². The van der Waals surface area contributed by atoms with E-state index in [-0.39, 0.29) is 39.8 Å². The fraction of sp³-hybridized carbons (Fsp3) is 0.111. The largest absolute Gasteiger partial charge is 0.505 e. The SMILES string of the molecule is COc1cccc(C(=O)N(C)C)c1N=Nc1c(O)c(C(=O)Nc2cccc([N+](=O)[O-])c2)cc2ccccc12. The van der Waals surface area contributed by atoms with Crippen molar-refractivity contribution in [3.05, 3.63) is 94.0 Å². The number of benzene rings is 4. The van der Waals surface area contributed by atoms with Crippen LogP contribution in [0.15, 0.2) is 83.0 Å². The van der Waals surface area contributed by atoms with Gasteiger partial charge in [0.1, 0.15) is 17.1 Å². The minimum atomic E-state index is -0.703. The Kier molecular flexibility index (Phi) is 7.28. The standard InChI is InChI=1S/C27H23N5O6/c1-31(2)27(35)20-12-7-13-22(38-3)23(20)29-30-24-19-11-5-4-8-16(19)14-21(25(24)33)26(34)28-17-9-6-10-18(15-17)32(36)37/h4-15,33H,1-3H3,(H,28,34). The Morgan fingerprint density at radius 1 is 0.947 bits per heavy atom. The summed E-state index contributed by atoms with van der Waals surface area (Å²) in [6.45, 7) is 0. The number of azo groups is 1. The lowest BCUT2D eigenvalue weighted by Crippen LogP contribution is -2.21.